The first-order valence-corrected chi connectivity index (χ1v) is 14.7. The van der Waals surface area contributed by atoms with Gasteiger partial charge in [-0.1, -0.05) is 60.1 Å². The Bertz CT molecular complexity index is 701. The van der Waals surface area contributed by atoms with Crippen molar-refractivity contribution in [2.24, 2.45) is 11.8 Å². The summed E-state index contributed by atoms with van der Waals surface area (Å²) in [4.78, 5) is 26.6. The number of Topliss-reactive ketones (excluding diaryl/α,β-unsaturated/α-hetero) is 1. The largest absolute Gasteiger partial charge is 0.465 e. The Labute approximate surface area is 188 Å². The van der Waals surface area contributed by atoms with Crippen molar-refractivity contribution < 1.29 is 18.8 Å². The predicted octanol–water partition coefficient (Wildman–Crippen LogP) is 6.28. The van der Waals surface area contributed by atoms with Crippen molar-refractivity contribution in [3.05, 3.63) is 22.1 Å². The van der Waals surface area contributed by atoms with Crippen LogP contribution in [0.15, 0.2) is 22.1 Å². The Morgan fingerprint density at radius 3 is 2.17 bits per heavy atom. The van der Waals surface area contributed by atoms with Gasteiger partial charge < -0.3 is 9.16 Å². The van der Waals surface area contributed by atoms with Crippen LogP contribution in [0.4, 0.5) is 0 Å². The van der Waals surface area contributed by atoms with Crippen molar-refractivity contribution in [2.45, 2.75) is 91.0 Å². The fraction of sp³-hybridized carbons (Fsp3) is 0.750. The minimum atomic E-state index is -2.06. The van der Waals surface area contributed by atoms with Gasteiger partial charge in [-0.15, -0.1) is 11.8 Å². The zero-order chi connectivity index (χ0) is 22.8. The molecule has 0 aromatic carbocycles. The standard InChI is InChI=1S/C24H40O4SSi/c1-10-27-24(26)19-12-18-13-20(17(8)11-21(29-9)22(18)23(19)25)28-30(14(2)3,15(4)5)16(6)7/h11,14-17,19-20H,10,12-13H2,1-9H3/t17-,19?,20+/m1/s1. The number of esters is 1. The summed E-state index contributed by atoms with van der Waals surface area (Å²) in [6.07, 6.45) is 5.43. The van der Waals surface area contributed by atoms with Gasteiger partial charge in [-0.3, -0.25) is 9.59 Å². The molecule has 3 atom stereocenters. The average molecular weight is 453 g/mol. The number of thioether (sulfide) groups is 1. The van der Waals surface area contributed by atoms with Crippen molar-refractivity contribution >= 4 is 31.8 Å². The molecule has 0 saturated carbocycles. The molecule has 0 aromatic rings. The molecular formula is C24H40O4SSi. The van der Waals surface area contributed by atoms with Gasteiger partial charge >= 0.3 is 5.97 Å². The summed E-state index contributed by atoms with van der Waals surface area (Å²) in [6, 6.07) is 0. The second-order valence-electron chi connectivity index (χ2n) is 9.62. The van der Waals surface area contributed by atoms with E-state index in [1.54, 1.807) is 18.7 Å². The second-order valence-corrected chi connectivity index (χ2v) is 15.9. The van der Waals surface area contributed by atoms with Crippen molar-refractivity contribution in [3.63, 3.8) is 0 Å². The molecular weight excluding hydrogens is 412 g/mol. The topological polar surface area (TPSA) is 52.6 Å². The molecule has 0 aromatic heterocycles. The van der Waals surface area contributed by atoms with E-state index in [1.165, 1.54) is 0 Å². The molecule has 0 bridgehead atoms. The van der Waals surface area contributed by atoms with Gasteiger partial charge in [0.25, 0.3) is 0 Å². The highest BCUT2D eigenvalue weighted by Crippen LogP contribution is 2.48. The minimum Gasteiger partial charge on any atom is -0.465 e. The normalized spacial score (nSPS) is 25.1. The highest BCUT2D eigenvalue weighted by molar-refractivity contribution is 8.02. The van der Waals surface area contributed by atoms with Crippen LogP contribution in [-0.4, -0.2) is 39.0 Å². The van der Waals surface area contributed by atoms with Crippen molar-refractivity contribution in [1.29, 1.82) is 0 Å². The van der Waals surface area contributed by atoms with Gasteiger partial charge in [0.15, 0.2) is 5.78 Å². The number of hydrogen-bond acceptors (Lipinski definition) is 5. The lowest BCUT2D eigenvalue weighted by molar-refractivity contribution is -0.150. The van der Waals surface area contributed by atoms with Crippen molar-refractivity contribution in [3.8, 4) is 0 Å². The van der Waals surface area contributed by atoms with E-state index in [1.807, 2.05) is 6.26 Å². The van der Waals surface area contributed by atoms with Crippen LogP contribution in [0.25, 0.3) is 0 Å². The fourth-order valence-corrected chi connectivity index (χ4v) is 12.0. The maximum absolute atomic E-state index is 13.2. The number of ketones is 1. The monoisotopic (exact) mass is 452 g/mol. The Morgan fingerprint density at radius 2 is 1.70 bits per heavy atom. The van der Waals surface area contributed by atoms with Crippen LogP contribution in [0.1, 0.15) is 68.2 Å². The quantitative estimate of drug-likeness (QED) is 0.246. The molecule has 0 amide bonds. The van der Waals surface area contributed by atoms with E-state index in [-0.39, 0.29) is 17.8 Å². The van der Waals surface area contributed by atoms with Crippen LogP contribution in [0.2, 0.25) is 16.6 Å². The number of rotatable bonds is 8. The molecule has 4 nitrogen and oxygen atoms in total. The third-order valence-corrected chi connectivity index (χ3v) is 13.8. The summed E-state index contributed by atoms with van der Waals surface area (Å²) in [7, 11) is -2.06. The average Bonchev–Trinajstić information content (AvgIpc) is 2.90. The molecule has 1 unspecified atom stereocenters. The Morgan fingerprint density at radius 1 is 1.13 bits per heavy atom. The number of allylic oxidation sites excluding steroid dienone is 1. The zero-order valence-corrected chi connectivity index (χ0v) is 22.0. The van der Waals surface area contributed by atoms with E-state index in [4.69, 9.17) is 9.16 Å². The first kappa shape index (κ1) is 25.4. The molecule has 0 N–H and O–H groups in total. The first-order valence-electron chi connectivity index (χ1n) is 11.4. The Balaban J connectivity index is 2.43. The molecule has 0 fully saturated rings. The van der Waals surface area contributed by atoms with Gasteiger partial charge in [-0.05, 0) is 42.6 Å². The van der Waals surface area contributed by atoms with Crippen LogP contribution in [-0.2, 0) is 18.8 Å². The molecule has 170 valence electrons. The van der Waals surface area contributed by atoms with Gasteiger partial charge in [0.1, 0.15) is 5.92 Å². The van der Waals surface area contributed by atoms with E-state index in [2.05, 4.69) is 54.5 Å². The maximum atomic E-state index is 13.2. The molecule has 0 radical (unpaired) electrons. The summed E-state index contributed by atoms with van der Waals surface area (Å²) in [5.74, 6) is -0.939. The summed E-state index contributed by atoms with van der Waals surface area (Å²) < 4.78 is 12.3. The van der Waals surface area contributed by atoms with Gasteiger partial charge in [0, 0.05) is 16.4 Å². The van der Waals surface area contributed by atoms with Crippen LogP contribution in [0, 0.1) is 11.8 Å². The lowest BCUT2D eigenvalue weighted by Crippen LogP contribution is -2.51. The van der Waals surface area contributed by atoms with Crippen LogP contribution in [0.3, 0.4) is 0 Å². The molecule has 0 spiro atoms. The SMILES string of the molecule is CCOC(=O)C1CC2=C(C1=O)C(SC)=C[C@@H](C)[C@@H](O[Si](C(C)C)(C(C)C)C(C)C)C2. The maximum Gasteiger partial charge on any atom is 0.317 e. The summed E-state index contributed by atoms with van der Waals surface area (Å²) in [5.41, 5.74) is 3.34. The summed E-state index contributed by atoms with van der Waals surface area (Å²) >= 11 is 1.60. The molecule has 2 aliphatic carbocycles. The number of hydrogen-bond donors (Lipinski definition) is 0. The predicted molar refractivity (Wildman–Crippen MR) is 128 cm³/mol. The molecule has 2 aliphatic rings. The first-order chi connectivity index (χ1) is 14.0. The van der Waals surface area contributed by atoms with Gasteiger partial charge in [0.2, 0.25) is 8.32 Å². The van der Waals surface area contributed by atoms with Gasteiger partial charge in [-0.25, -0.2) is 0 Å². The number of carbonyl (C=O) groups is 2. The van der Waals surface area contributed by atoms with Crippen LogP contribution < -0.4 is 0 Å². The molecule has 2 rings (SSSR count). The summed E-state index contributed by atoms with van der Waals surface area (Å²) in [5, 5.41) is 0. The van der Waals surface area contributed by atoms with Crippen LogP contribution >= 0.6 is 11.8 Å². The zero-order valence-electron chi connectivity index (χ0n) is 20.2. The highest BCUT2D eigenvalue weighted by atomic mass is 32.2. The van der Waals surface area contributed by atoms with Crippen molar-refractivity contribution in [2.75, 3.05) is 12.9 Å². The van der Waals surface area contributed by atoms with E-state index in [0.29, 0.717) is 29.7 Å². The Kier molecular flexibility index (Phi) is 8.62. The smallest absolute Gasteiger partial charge is 0.317 e. The van der Waals surface area contributed by atoms with Gasteiger partial charge in [-0.2, -0.15) is 0 Å². The van der Waals surface area contributed by atoms with E-state index in [9.17, 15) is 9.59 Å². The third-order valence-electron chi connectivity index (χ3n) is 6.92. The van der Waals surface area contributed by atoms with Crippen molar-refractivity contribution in [1.82, 2.24) is 0 Å². The Hall–Kier alpha value is -0.853. The van der Waals surface area contributed by atoms with E-state index >= 15 is 0 Å². The third kappa shape index (κ3) is 4.65. The fourth-order valence-electron chi connectivity index (χ4n) is 5.55. The minimum absolute atomic E-state index is 0.0345. The van der Waals surface area contributed by atoms with E-state index < -0.39 is 20.2 Å². The lowest BCUT2D eigenvalue weighted by atomic mass is 9.96. The molecule has 6 heteroatoms. The number of ether oxygens (including phenoxy) is 1. The summed E-state index contributed by atoms with van der Waals surface area (Å²) in [6.45, 7) is 18.1. The highest BCUT2D eigenvalue weighted by Gasteiger charge is 2.49. The van der Waals surface area contributed by atoms with Gasteiger partial charge in [0.05, 0.1) is 12.7 Å². The number of carbonyl (C=O) groups excluding carboxylic acids is 2. The molecule has 0 aliphatic heterocycles. The second kappa shape index (κ2) is 10.2. The lowest BCUT2D eigenvalue weighted by Gasteiger charge is -2.45. The van der Waals surface area contributed by atoms with E-state index in [0.717, 1.165) is 22.5 Å². The van der Waals surface area contributed by atoms with Crippen LogP contribution in [0.5, 0.6) is 0 Å². The molecule has 0 saturated heterocycles. The molecule has 30 heavy (non-hydrogen) atoms. The molecule has 0 heterocycles.